The normalized spacial score (nSPS) is 12.2. The summed E-state index contributed by atoms with van der Waals surface area (Å²) in [6.07, 6.45) is 0.126. The van der Waals surface area contributed by atoms with E-state index >= 15 is 0 Å². The van der Waals surface area contributed by atoms with Crippen molar-refractivity contribution in [1.82, 2.24) is 0 Å². The first-order valence-corrected chi connectivity index (χ1v) is 9.78. The van der Waals surface area contributed by atoms with Crippen LogP contribution in [0.3, 0.4) is 0 Å². The first kappa shape index (κ1) is 23.2. The van der Waals surface area contributed by atoms with Gasteiger partial charge in [-0.15, -0.1) is 0 Å². The van der Waals surface area contributed by atoms with Gasteiger partial charge in [0.25, 0.3) is 0 Å². The zero-order valence-electron chi connectivity index (χ0n) is 17.5. The molecule has 7 nitrogen and oxygen atoms in total. The monoisotopic (exact) mass is 416 g/mol. The zero-order valence-corrected chi connectivity index (χ0v) is 17.5. The average molecular weight is 416 g/mol. The van der Waals surface area contributed by atoms with Crippen LogP contribution in [0.25, 0.3) is 0 Å². The summed E-state index contributed by atoms with van der Waals surface area (Å²) in [5.74, 6) is -0.804. The van der Waals surface area contributed by atoms with E-state index in [1.807, 2.05) is 36.4 Å². The van der Waals surface area contributed by atoms with E-state index in [2.05, 4.69) is 0 Å². The molecule has 2 aromatic carbocycles. The number of rotatable bonds is 12. The van der Waals surface area contributed by atoms with Gasteiger partial charge in [-0.2, -0.15) is 0 Å². The van der Waals surface area contributed by atoms with Crippen LogP contribution in [0.5, 0.6) is 11.5 Å². The van der Waals surface area contributed by atoms with E-state index in [1.165, 1.54) is 13.8 Å². The third kappa shape index (κ3) is 7.08. The molecule has 7 heteroatoms. The fourth-order valence-corrected chi connectivity index (χ4v) is 2.70. The Hall–Kier alpha value is -3.06. The molecule has 1 unspecified atom stereocenters. The molecule has 2 aromatic rings. The molecule has 0 saturated carbocycles. The van der Waals surface area contributed by atoms with Crippen LogP contribution in [-0.2, 0) is 27.2 Å². The van der Waals surface area contributed by atoms with Crippen LogP contribution < -0.4 is 9.47 Å². The molecule has 2 N–H and O–H groups in total. The lowest BCUT2D eigenvalue weighted by Crippen LogP contribution is -2.37. The van der Waals surface area contributed by atoms with Gasteiger partial charge in [-0.05, 0) is 56.2 Å². The maximum Gasteiger partial charge on any atom is 0.347 e. The van der Waals surface area contributed by atoms with Gasteiger partial charge in [-0.3, -0.25) is 0 Å². The van der Waals surface area contributed by atoms with Crippen molar-refractivity contribution in [2.24, 2.45) is 0 Å². The maximum absolute atomic E-state index is 11.2. The van der Waals surface area contributed by atoms with Gasteiger partial charge in [0.05, 0.1) is 6.61 Å². The summed E-state index contributed by atoms with van der Waals surface area (Å²) < 4.78 is 16.5. The smallest absolute Gasteiger partial charge is 0.347 e. The van der Waals surface area contributed by atoms with Crippen LogP contribution in [0.4, 0.5) is 0 Å². The van der Waals surface area contributed by atoms with Gasteiger partial charge in [0.1, 0.15) is 11.5 Å². The molecule has 0 fully saturated rings. The molecule has 0 radical (unpaired) electrons. The topological polar surface area (TPSA) is 102 Å². The Morgan fingerprint density at radius 2 is 1.50 bits per heavy atom. The second-order valence-electron chi connectivity index (χ2n) is 7.29. The van der Waals surface area contributed by atoms with Crippen molar-refractivity contribution >= 4 is 11.9 Å². The lowest BCUT2D eigenvalue weighted by atomic mass is 10.1. The minimum Gasteiger partial charge on any atom is -0.493 e. The van der Waals surface area contributed by atoms with Crippen molar-refractivity contribution in [3.8, 4) is 11.5 Å². The van der Waals surface area contributed by atoms with E-state index in [0.717, 1.165) is 11.1 Å². The van der Waals surface area contributed by atoms with E-state index < -0.39 is 23.6 Å². The van der Waals surface area contributed by atoms with Crippen LogP contribution in [0.2, 0.25) is 0 Å². The van der Waals surface area contributed by atoms with Gasteiger partial charge in [0, 0.05) is 19.4 Å². The molecule has 2 rings (SSSR count). The fourth-order valence-electron chi connectivity index (χ4n) is 2.70. The van der Waals surface area contributed by atoms with Crippen LogP contribution in [-0.4, -0.2) is 47.1 Å². The summed E-state index contributed by atoms with van der Waals surface area (Å²) >= 11 is 0. The van der Waals surface area contributed by atoms with Crippen molar-refractivity contribution in [3.63, 3.8) is 0 Å². The predicted molar refractivity (Wildman–Crippen MR) is 111 cm³/mol. The average Bonchev–Trinajstić information content (AvgIpc) is 2.70. The summed E-state index contributed by atoms with van der Waals surface area (Å²) in [4.78, 5) is 22.3. The van der Waals surface area contributed by atoms with Crippen LogP contribution in [0.15, 0.2) is 48.5 Å². The third-order valence-corrected chi connectivity index (χ3v) is 4.46. The standard InChI is InChI=1S/C23H28O7/c1-4-28-20(21(24)25)15-17-7-9-18(10-8-17)29-14-13-16-5-11-19(12-6-16)30-23(2,3)22(26)27/h5-12,20H,4,13-15H2,1-3H3,(H,24,25)(H,26,27). The fraction of sp³-hybridized carbons (Fsp3) is 0.391. The van der Waals surface area contributed by atoms with Gasteiger partial charge < -0.3 is 24.4 Å². The summed E-state index contributed by atoms with van der Waals surface area (Å²) in [7, 11) is 0. The Labute approximate surface area is 176 Å². The molecule has 0 spiro atoms. The molecule has 0 aliphatic carbocycles. The molecule has 30 heavy (non-hydrogen) atoms. The Balaban J connectivity index is 1.82. The summed E-state index contributed by atoms with van der Waals surface area (Å²) in [6, 6.07) is 14.5. The molecule has 0 aliphatic rings. The number of carboxylic acids is 2. The summed E-state index contributed by atoms with van der Waals surface area (Å²) in [6.45, 7) is 5.59. The van der Waals surface area contributed by atoms with Crippen molar-refractivity contribution in [2.75, 3.05) is 13.2 Å². The maximum atomic E-state index is 11.2. The molecule has 0 aliphatic heterocycles. The van der Waals surface area contributed by atoms with Crippen molar-refractivity contribution in [2.45, 2.75) is 45.3 Å². The number of aliphatic carboxylic acids is 2. The largest absolute Gasteiger partial charge is 0.493 e. The molecule has 0 bridgehead atoms. The van der Waals surface area contributed by atoms with E-state index in [9.17, 15) is 9.59 Å². The highest BCUT2D eigenvalue weighted by Crippen LogP contribution is 2.20. The van der Waals surface area contributed by atoms with Crippen molar-refractivity contribution in [3.05, 3.63) is 59.7 Å². The molecule has 162 valence electrons. The Kier molecular flexibility index (Phi) is 8.24. The van der Waals surface area contributed by atoms with Gasteiger partial charge in [0.15, 0.2) is 11.7 Å². The van der Waals surface area contributed by atoms with E-state index in [0.29, 0.717) is 37.6 Å². The van der Waals surface area contributed by atoms with Gasteiger partial charge >= 0.3 is 11.9 Å². The molecule has 0 aromatic heterocycles. The first-order chi connectivity index (χ1) is 14.2. The van der Waals surface area contributed by atoms with E-state index in [1.54, 1.807) is 19.1 Å². The summed E-state index contributed by atoms with van der Waals surface area (Å²) in [5.41, 5.74) is 0.611. The summed E-state index contributed by atoms with van der Waals surface area (Å²) in [5, 5.41) is 18.3. The van der Waals surface area contributed by atoms with Crippen LogP contribution >= 0.6 is 0 Å². The highest BCUT2D eigenvalue weighted by molar-refractivity contribution is 5.76. The van der Waals surface area contributed by atoms with Crippen molar-refractivity contribution < 1.29 is 34.0 Å². The van der Waals surface area contributed by atoms with Crippen LogP contribution in [0, 0.1) is 0 Å². The highest BCUT2D eigenvalue weighted by atomic mass is 16.5. The molecule has 0 saturated heterocycles. The zero-order chi connectivity index (χ0) is 22.1. The minimum absolute atomic E-state index is 0.302. The lowest BCUT2D eigenvalue weighted by Gasteiger charge is -2.21. The molecular formula is C23H28O7. The Bertz CT molecular complexity index is 826. The highest BCUT2D eigenvalue weighted by Gasteiger charge is 2.29. The molecule has 0 heterocycles. The predicted octanol–water partition coefficient (Wildman–Crippen LogP) is 3.58. The van der Waals surface area contributed by atoms with Crippen molar-refractivity contribution in [1.29, 1.82) is 0 Å². The Morgan fingerprint density at radius 1 is 0.933 bits per heavy atom. The molecule has 0 amide bonds. The molecular weight excluding hydrogens is 388 g/mol. The quantitative estimate of drug-likeness (QED) is 0.545. The first-order valence-electron chi connectivity index (χ1n) is 9.78. The lowest BCUT2D eigenvalue weighted by molar-refractivity contribution is -0.152. The van der Waals surface area contributed by atoms with Gasteiger partial charge in [-0.1, -0.05) is 24.3 Å². The van der Waals surface area contributed by atoms with E-state index in [-0.39, 0.29) is 0 Å². The Morgan fingerprint density at radius 3 is 2.03 bits per heavy atom. The number of benzene rings is 2. The molecule has 1 atom stereocenters. The second kappa shape index (κ2) is 10.6. The van der Waals surface area contributed by atoms with E-state index in [4.69, 9.17) is 24.4 Å². The van der Waals surface area contributed by atoms with Crippen LogP contribution in [0.1, 0.15) is 31.9 Å². The number of hydrogen-bond acceptors (Lipinski definition) is 5. The third-order valence-electron chi connectivity index (χ3n) is 4.46. The van der Waals surface area contributed by atoms with Gasteiger partial charge in [0.2, 0.25) is 0 Å². The van der Waals surface area contributed by atoms with Gasteiger partial charge in [-0.25, -0.2) is 9.59 Å². The number of carbonyl (C=O) groups is 2. The second-order valence-corrected chi connectivity index (χ2v) is 7.29. The number of carboxylic acid groups (broad SMARTS) is 2. The SMILES string of the molecule is CCOC(Cc1ccc(OCCc2ccc(OC(C)(C)C(=O)O)cc2)cc1)C(=O)O. The number of hydrogen-bond donors (Lipinski definition) is 2. The number of ether oxygens (including phenoxy) is 3. The minimum atomic E-state index is -1.29.